The molecular weight excluding hydrogens is 340 g/mol. The monoisotopic (exact) mass is 362 g/mol. The van der Waals surface area contributed by atoms with Crippen molar-refractivity contribution in [1.29, 1.82) is 0 Å². The Labute approximate surface area is 150 Å². The van der Waals surface area contributed by atoms with E-state index in [4.69, 9.17) is 0 Å². The molecule has 0 saturated carbocycles. The van der Waals surface area contributed by atoms with Crippen LogP contribution in [0, 0.1) is 12.8 Å². The standard InChI is InChI=1S/C17H22N4OS2/c1-12-6-5-9-21(10-12)15(22)11-23-17-20-19-16(24-17)18-14-8-4-3-7-13(14)2/h3-4,7-8,12H,5-6,9-11H2,1-2H3,(H,18,19)/t12-/m0/s1. The molecule has 2 aromatic rings. The minimum atomic E-state index is 0.204. The number of para-hydroxylation sites is 1. The highest BCUT2D eigenvalue weighted by Gasteiger charge is 2.21. The Morgan fingerprint density at radius 1 is 1.42 bits per heavy atom. The van der Waals surface area contributed by atoms with Crippen molar-refractivity contribution < 1.29 is 4.79 Å². The van der Waals surface area contributed by atoms with Crippen LogP contribution in [0.5, 0.6) is 0 Å². The number of aromatic nitrogens is 2. The third kappa shape index (κ3) is 4.48. The zero-order valence-electron chi connectivity index (χ0n) is 14.0. The molecule has 7 heteroatoms. The van der Waals surface area contributed by atoms with E-state index in [9.17, 15) is 4.79 Å². The number of carbonyl (C=O) groups is 1. The molecule has 0 aliphatic carbocycles. The molecule has 0 spiro atoms. The van der Waals surface area contributed by atoms with Crippen LogP contribution in [0.1, 0.15) is 25.3 Å². The van der Waals surface area contributed by atoms with Crippen molar-refractivity contribution in [3.05, 3.63) is 29.8 Å². The SMILES string of the molecule is Cc1ccccc1Nc1nnc(SCC(=O)N2CCC[C@H](C)C2)s1. The molecule has 1 N–H and O–H groups in total. The van der Waals surface area contributed by atoms with Crippen LogP contribution in [0.25, 0.3) is 0 Å². The van der Waals surface area contributed by atoms with Crippen molar-refractivity contribution in [2.75, 3.05) is 24.2 Å². The van der Waals surface area contributed by atoms with Gasteiger partial charge in [0.2, 0.25) is 11.0 Å². The molecule has 0 radical (unpaired) electrons. The number of benzene rings is 1. The zero-order valence-corrected chi connectivity index (χ0v) is 15.6. The summed E-state index contributed by atoms with van der Waals surface area (Å²) in [7, 11) is 0. The Morgan fingerprint density at radius 3 is 3.04 bits per heavy atom. The number of anilines is 2. The van der Waals surface area contributed by atoms with Gasteiger partial charge in [-0.3, -0.25) is 4.79 Å². The van der Waals surface area contributed by atoms with E-state index in [-0.39, 0.29) is 5.91 Å². The largest absolute Gasteiger partial charge is 0.342 e. The number of thioether (sulfide) groups is 1. The molecule has 1 aromatic heterocycles. The normalized spacial score (nSPS) is 17.8. The van der Waals surface area contributed by atoms with Crippen LogP contribution in [0.15, 0.2) is 28.6 Å². The lowest BCUT2D eigenvalue weighted by Gasteiger charge is -2.30. The van der Waals surface area contributed by atoms with Crippen LogP contribution in [0.3, 0.4) is 0 Å². The van der Waals surface area contributed by atoms with Crippen molar-refractivity contribution in [1.82, 2.24) is 15.1 Å². The number of rotatable bonds is 5. The van der Waals surface area contributed by atoms with Crippen molar-refractivity contribution >= 4 is 39.8 Å². The van der Waals surface area contributed by atoms with Gasteiger partial charge in [0.1, 0.15) is 0 Å². The van der Waals surface area contributed by atoms with Gasteiger partial charge in [-0.2, -0.15) is 0 Å². The van der Waals surface area contributed by atoms with Gasteiger partial charge in [-0.1, -0.05) is 48.2 Å². The van der Waals surface area contributed by atoms with Gasteiger partial charge < -0.3 is 10.2 Å². The molecule has 128 valence electrons. The maximum Gasteiger partial charge on any atom is 0.233 e. The molecule has 1 aliphatic rings. The van der Waals surface area contributed by atoms with Crippen molar-refractivity contribution in [3.63, 3.8) is 0 Å². The average Bonchev–Trinajstić information content (AvgIpc) is 3.02. The minimum Gasteiger partial charge on any atom is -0.342 e. The fraction of sp³-hybridized carbons (Fsp3) is 0.471. The van der Waals surface area contributed by atoms with Crippen molar-refractivity contribution in [2.24, 2.45) is 5.92 Å². The summed E-state index contributed by atoms with van der Waals surface area (Å²) in [6.07, 6.45) is 2.34. The van der Waals surface area contributed by atoms with Crippen LogP contribution in [-0.2, 0) is 4.79 Å². The first-order chi connectivity index (χ1) is 11.6. The Balaban J connectivity index is 1.53. The first-order valence-electron chi connectivity index (χ1n) is 8.18. The molecule has 1 aliphatic heterocycles. The molecule has 24 heavy (non-hydrogen) atoms. The third-order valence-corrected chi connectivity index (χ3v) is 6.08. The van der Waals surface area contributed by atoms with Crippen LogP contribution < -0.4 is 5.32 Å². The fourth-order valence-electron chi connectivity index (χ4n) is 2.78. The molecule has 5 nitrogen and oxygen atoms in total. The number of nitrogens with zero attached hydrogens (tertiary/aromatic N) is 3. The quantitative estimate of drug-likeness (QED) is 0.817. The summed E-state index contributed by atoms with van der Waals surface area (Å²) in [5.74, 6) is 1.25. The Kier molecular flexibility index (Phi) is 5.73. The Bertz CT molecular complexity index is 703. The summed E-state index contributed by atoms with van der Waals surface area (Å²) in [6, 6.07) is 8.07. The zero-order chi connectivity index (χ0) is 16.9. The second-order valence-corrected chi connectivity index (χ2v) is 8.39. The lowest BCUT2D eigenvalue weighted by Crippen LogP contribution is -2.40. The number of aryl methyl sites for hydroxylation is 1. The van der Waals surface area contributed by atoms with Gasteiger partial charge in [0.25, 0.3) is 0 Å². The molecule has 1 amide bonds. The van der Waals surface area contributed by atoms with Crippen LogP contribution in [0.4, 0.5) is 10.8 Å². The number of amides is 1. The summed E-state index contributed by atoms with van der Waals surface area (Å²) in [4.78, 5) is 14.3. The van der Waals surface area contributed by atoms with E-state index >= 15 is 0 Å². The Morgan fingerprint density at radius 2 is 2.25 bits per heavy atom. The highest BCUT2D eigenvalue weighted by Crippen LogP contribution is 2.29. The number of hydrogen-bond acceptors (Lipinski definition) is 6. The smallest absolute Gasteiger partial charge is 0.233 e. The number of piperidine rings is 1. The first-order valence-corrected chi connectivity index (χ1v) is 9.99. The predicted octanol–water partition coefficient (Wildman–Crippen LogP) is 3.94. The van der Waals surface area contributed by atoms with E-state index in [0.29, 0.717) is 11.7 Å². The van der Waals surface area contributed by atoms with E-state index in [2.05, 4.69) is 35.4 Å². The summed E-state index contributed by atoms with van der Waals surface area (Å²) in [6.45, 7) is 6.04. The van der Waals surface area contributed by atoms with Gasteiger partial charge in [0.15, 0.2) is 4.34 Å². The molecule has 2 heterocycles. The lowest BCUT2D eigenvalue weighted by atomic mass is 10.0. The fourth-order valence-corrected chi connectivity index (χ4v) is 4.44. The summed E-state index contributed by atoms with van der Waals surface area (Å²) < 4.78 is 0.824. The molecule has 0 bridgehead atoms. The van der Waals surface area contributed by atoms with Crippen molar-refractivity contribution in [3.8, 4) is 0 Å². The maximum atomic E-state index is 12.3. The van der Waals surface area contributed by atoms with Crippen molar-refractivity contribution in [2.45, 2.75) is 31.0 Å². The molecule has 1 saturated heterocycles. The number of hydrogen-bond donors (Lipinski definition) is 1. The van der Waals surface area contributed by atoms with Gasteiger partial charge in [-0.05, 0) is 37.3 Å². The van der Waals surface area contributed by atoms with Gasteiger partial charge in [-0.25, -0.2) is 0 Å². The lowest BCUT2D eigenvalue weighted by molar-refractivity contribution is -0.130. The number of likely N-dealkylation sites (tertiary alicyclic amines) is 1. The highest BCUT2D eigenvalue weighted by atomic mass is 32.2. The summed E-state index contributed by atoms with van der Waals surface area (Å²) >= 11 is 2.96. The van der Waals surface area contributed by atoms with Gasteiger partial charge in [-0.15, -0.1) is 10.2 Å². The summed E-state index contributed by atoms with van der Waals surface area (Å²) in [5.41, 5.74) is 2.19. The molecule has 1 atom stereocenters. The highest BCUT2D eigenvalue weighted by molar-refractivity contribution is 8.01. The van der Waals surface area contributed by atoms with Gasteiger partial charge >= 0.3 is 0 Å². The first kappa shape index (κ1) is 17.2. The minimum absolute atomic E-state index is 0.204. The molecular formula is C17H22N4OS2. The van der Waals surface area contributed by atoms with Crippen LogP contribution >= 0.6 is 23.1 Å². The molecule has 3 rings (SSSR count). The van der Waals surface area contributed by atoms with E-state index in [1.54, 1.807) is 0 Å². The number of nitrogens with one attached hydrogen (secondary N) is 1. The molecule has 1 aromatic carbocycles. The van der Waals surface area contributed by atoms with Crippen LogP contribution in [-0.4, -0.2) is 39.8 Å². The molecule has 0 unspecified atom stereocenters. The third-order valence-electron chi connectivity index (χ3n) is 4.12. The average molecular weight is 363 g/mol. The molecule has 1 fully saturated rings. The number of carbonyl (C=O) groups excluding carboxylic acids is 1. The topological polar surface area (TPSA) is 58.1 Å². The second-order valence-electron chi connectivity index (χ2n) is 6.19. The van der Waals surface area contributed by atoms with E-state index < -0.39 is 0 Å². The maximum absolute atomic E-state index is 12.3. The van der Waals surface area contributed by atoms with Gasteiger partial charge in [0, 0.05) is 18.8 Å². The van der Waals surface area contributed by atoms with E-state index in [1.165, 1.54) is 29.5 Å². The van der Waals surface area contributed by atoms with Crippen LogP contribution in [0.2, 0.25) is 0 Å². The summed E-state index contributed by atoms with van der Waals surface area (Å²) in [5, 5.41) is 12.4. The predicted molar refractivity (Wildman–Crippen MR) is 100 cm³/mol. The van der Waals surface area contributed by atoms with Gasteiger partial charge in [0.05, 0.1) is 5.75 Å². The Hall–Kier alpha value is -1.60. The van der Waals surface area contributed by atoms with E-state index in [1.807, 2.05) is 23.1 Å². The van der Waals surface area contributed by atoms with E-state index in [0.717, 1.165) is 40.2 Å². The second kappa shape index (κ2) is 7.98.